The molecule has 2 aromatic rings. The van der Waals surface area contributed by atoms with Crippen molar-refractivity contribution in [2.45, 2.75) is 52.5 Å². The molecule has 0 aromatic carbocycles. The van der Waals surface area contributed by atoms with E-state index < -0.39 is 0 Å². The summed E-state index contributed by atoms with van der Waals surface area (Å²) in [7, 11) is 0. The second-order valence-corrected chi connectivity index (χ2v) is 9.84. The minimum Gasteiger partial charge on any atom is -0.353 e. The van der Waals surface area contributed by atoms with Gasteiger partial charge in [-0.25, -0.2) is 9.97 Å². The molecule has 1 atom stereocenters. The van der Waals surface area contributed by atoms with Gasteiger partial charge in [-0.2, -0.15) is 0 Å². The fourth-order valence-electron chi connectivity index (χ4n) is 4.84. The largest absolute Gasteiger partial charge is 0.353 e. The van der Waals surface area contributed by atoms with E-state index in [2.05, 4.69) is 43.8 Å². The van der Waals surface area contributed by atoms with Crippen LogP contribution in [0.5, 0.6) is 0 Å². The lowest BCUT2D eigenvalue weighted by molar-refractivity contribution is 0.0952. The normalized spacial score (nSPS) is 21.0. The molecule has 2 aliphatic rings. The van der Waals surface area contributed by atoms with Gasteiger partial charge in [0, 0.05) is 45.3 Å². The fraction of sp³-hybridized carbons (Fsp3) is 0.696. The lowest BCUT2D eigenvalue weighted by atomic mass is 10.0. The molecule has 170 valence electrons. The molecule has 2 aliphatic heterocycles. The third-order valence-corrected chi connectivity index (χ3v) is 8.08. The molecular weight excluding hydrogens is 408 g/mol. The maximum atomic E-state index is 12.9. The standard InChI is InChI=1S/C23H36N6OS/c1-4-27-12-14-29(15-13-27)21-19-18(3)20(31-23(19)26-16-25-21)22(30)24-9-7-11-28-10-6-5-8-17(28)2/h16-17H,4-15H2,1-3H3,(H,24,30)/t17-/m1/s1. The van der Waals surface area contributed by atoms with Crippen molar-refractivity contribution in [1.82, 2.24) is 25.1 Å². The van der Waals surface area contributed by atoms with Gasteiger partial charge >= 0.3 is 0 Å². The molecule has 2 fully saturated rings. The number of likely N-dealkylation sites (N-methyl/N-ethyl adjacent to an activating group) is 1. The van der Waals surface area contributed by atoms with Crippen LogP contribution < -0.4 is 10.2 Å². The van der Waals surface area contributed by atoms with Gasteiger partial charge in [0.2, 0.25) is 0 Å². The zero-order chi connectivity index (χ0) is 21.8. The number of aromatic nitrogens is 2. The lowest BCUT2D eigenvalue weighted by Gasteiger charge is -2.35. The molecule has 2 saturated heterocycles. The number of amides is 1. The molecule has 1 N–H and O–H groups in total. The Morgan fingerprint density at radius 1 is 1.19 bits per heavy atom. The summed E-state index contributed by atoms with van der Waals surface area (Å²) in [5.41, 5.74) is 1.01. The number of fused-ring (bicyclic) bond motifs is 1. The third-order valence-electron chi connectivity index (χ3n) is 6.88. The molecule has 0 saturated carbocycles. The molecule has 0 bridgehead atoms. The highest BCUT2D eigenvalue weighted by Gasteiger charge is 2.24. The number of hydrogen-bond donors (Lipinski definition) is 1. The van der Waals surface area contributed by atoms with E-state index in [1.165, 1.54) is 37.1 Å². The number of nitrogens with one attached hydrogen (secondary N) is 1. The Bertz CT molecular complexity index is 892. The van der Waals surface area contributed by atoms with Gasteiger partial charge in [-0.15, -0.1) is 11.3 Å². The van der Waals surface area contributed by atoms with Crippen LogP contribution in [0.15, 0.2) is 6.33 Å². The quantitative estimate of drug-likeness (QED) is 0.662. The van der Waals surface area contributed by atoms with Crippen LogP contribution in [0.2, 0.25) is 0 Å². The minimum atomic E-state index is 0.0222. The number of carbonyl (C=O) groups excluding carboxylic acids is 1. The Balaban J connectivity index is 1.40. The summed E-state index contributed by atoms with van der Waals surface area (Å²) >= 11 is 1.49. The van der Waals surface area contributed by atoms with Crippen LogP contribution in [0.3, 0.4) is 0 Å². The summed E-state index contributed by atoms with van der Waals surface area (Å²) in [5, 5.41) is 4.19. The zero-order valence-electron chi connectivity index (χ0n) is 19.2. The summed E-state index contributed by atoms with van der Waals surface area (Å²) in [6, 6.07) is 0.672. The summed E-state index contributed by atoms with van der Waals surface area (Å²) < 4.78 is 0. The molecule has 0 unspecified atom stereocenters. The van der Waals surface area contributed by atoms with Crippen molar-refractivity contribution < 1.29 is 4.79 Å². The van der Waals surface area contributed by atoms with Crippen molar-refractivity contribution in [3.63, 3.8) is 0 Å². The van der Waals surface area contributed by atoms with Crippen LogP contribution in [-0.2, 0) is 0 Å². The Hall–Kier alpha value is -1.77. The van der Waals surface area contributed by atoms with Crippen molar-refractivity contribution in [2.75, 3.05) is 57.3 Å². The maximum Gasteiger partial charge on any atom is 0.261 e. The van der Waals surface area contributed by atoms with E-state index >= 15 is 0 Å². The summed E-state index contributed by atoms with van der Waals surface area (Å²) in [4.78, 5) is 31.1. The summed E-state index contributed by atoms with van der Waals surface area (Å²) in [5.74, 6) is 1.00. The van der Waals surface area contributed by atoms with Crippen LogP contribution in [0.25, 0.3) is 10.2 Å². The first kappa shape index (κ1) is 22.4. The molecule has 31 heavy (non-hydrogen) atoms. The van der Waals surface area contributed by atoms with Gasteiger partial charge in [0.25, 0.3) is 5.91 Å². The van der Waals surface area contributed by atoms with E-state index in [1.54, 1.807) is 6.33 Å². The fourth-order valence-corrected chi connectivity index (χ4v) is 5.90. The van der Waals surface area contributed by atoms with E-state index in [4.69, 9.17) is 0 Å². The van der Waals surface area contributed by atoms with E-state index in [0.29, 0.717) is 12.6 Å². The average Bonchev–Trinajstić information content (AvgIpc) is 3.14. The molecule has 8 heteroatoms. The maximum absolute atomic E-state index is 12.9. The van der Waals surface area contributed by atoms with Gasteiger partial charge in [0.15, 0.2) is 0 Å². The molecular formula is C23H36N6OS. The van der Waals surface area contributed by atoms with Crippen LogP contribution in [0, 0.1) is 6.92 Å². The molecule has 4 heterocycles. The summed E-state index contributed by atoms with van der Waals surface area (Å²) in [6.45, 7) is 14.7. The number of hydrogen-bond acceptors (Lipinski definition) is 7. The van der Waals surface area contributed by atoms with Gasteiger partial charge in [0.1, 0.15) is 17.0 Å². The number of piperidine rings is 1. The number of piperazine rings is 1. The molecule has 1 amide bonds. The number of likely N-dealkylation sites (tertiary alicyclic amines) is 1. The topological polar surface area (TPSA) is 64.6 Å². The van der Waals surface area contributed by atoms with Crippen molar-refractivity contribution in [3.8, 4) is 0 Å². The highest BCUT2D eigenvalue weighted by Crippen LogP contribution is 2.35. The summed E-state index contributed by atoms with van der Waals surface area (Å²) in [6.07, 6.45) is 6.57. The smallest absolute Gasteiger partial charge is 0.261 e. The first-order valence-electron chi connectivity index (χ1n) is 11.8. The van der Waals surface area contributed by atoms with E-state index in [9.17, 15) is 4.79 Å². The molecule has 2 aromatic heterocycles. The van der Waals surface area contributed by atoms with Crippen LogP contribution in [0.4, 0.5) is 5.82 Å². The number of nitrogens with zero attached hydrogens (tertiary/aromatic N) is 5. The third kappa shape index (κ3) is 5.02. The SMILES string of the molecule is CCN1CCN(c2ncnc3sc(C(=O)NCCCN4CCCC[C@H]4C)c(C)c23)CC1. The van der Waals surface area contributed by atoms with E-state index in [0.717, 1.165) is 72.2 Å². The number of anilines is 1. The predicted molar refractivity (Wildman–Crippen MR) is 128 cm³/mol. The Morgan fingerprint density at radius 2 is 2.00 bits per heavy atom. The first-order valence-corrected chi connectivity index (χ1v) is 12.6. The van der Waals surface area contributed by atoms with Gasteiger partial charge in [0.05, 0.1) is 10.3 Å². The molecule has 0 spiro atoms. The Morgan fingerprint density at radius 3 is 2.74 bits per heavy atom. The number of carbonyl (C=O) groups is 1. The molecule has 7 nitrogen and oxygen atoms in total. The number of rotatable bonds is 7. The predicted octanol–water partition coefficient (Wildman–Crippen LogP) is 3.14. The monoisotopic (exact) mass is 444 g/mol. The second-order valence-electron chi connectivity index (χ2n) is 8.85. The first-order chi connectivity index (χ1) is 15.1. The van der Waals surface area contributed by atoms with Crippen LogP contribution >= 0.6 is 11.3 Å². The van der Waals surface area contributed by atoms with Crippen LogP contribution in [0.1, 0.15) is 54.8 Å². The van der Waals surface area contributed by atoms with Crippen molar-refractivity contribution in [1.29, 1.82) is 0 Å². The van der Waals surface area contributed by atoms with Crippen LogP contribution in [-0.4, -0.2) is 84.1 Å². The van der Waals surface area contributed by atoms with Gasteiger partial charge in [-0.3, -0.25) is 4.79 Å². The average molecular weight is 445 g/mol. The van der Waals surface area contributed by atoms with E-state index in [-0.39, 0.29) is 5.91 Å². The Labute approximate surface area is 189 Å². The number of aryl methyl sites for hydroxylation is 1. The molecule has 0 radical (unpaired) electrons. The Kier molecular flexibility index (Phi) is 7.40. The van der Waals surface area contributed by atoms with Crippen molar-refractivity contribution >= 4 is 33.3 Å². The highest BCUT2D eigenvalue weighted by atomic mass is 32.1. The molecule has 0 aliphatic carbocycles. The number of thiophene rings is 1. The molecule has 4 rings (SSSR count). The van der Waals surface area contributed by atoms with Gasteiger partial charge < -0.3 is 20.0 Å². The minimum absolute atomic E-state index is 0.0222. The van der Waals surface area contributed by atoms with Gasteiger partial charge in [-0.05, 0) is 51.8 Å². The van der Waals surface area contributed by atoms with Crippen molar-refractivity contribution in [3.05, 3.63) is 16.8 Å². The highest BCUT2D eigenvalue weighted by molar-refractivity contribution is 7.20. The van der Waals surface area contributed by atoms with E-state index in [1.807, 2.05) is 6.92 Å². The second kappa shape index (κ2) is 10.2. The lowest BCUT2D eigenvalue weighted by Crippen LogP contribution is -2.46. The van der Waals surface area contributed by atoms with Gasteiger partial charge in [-0.1, -0.05) is 13.3 Å². The zero-order valence-corrected chi connectivity index (χ0v) is 20.0. The van der Waals surface area contributed by atoms with Crippen molar-refractivity contribution in [2.24, 2.45) is 0 Å².